The third-order valence-electron chi connectivity index (χ3n) is 3.88. The first-order valence-corrected chi connectivity index (χ1v) is 8.76. The number of benzene rings is 1. The molecule has 0 unspecified atom stereocenters. The van der Waals surface area contributed by atoms with Crippen LogP contribution in [-0.2, 0) is 0 Å². The SMILES string of the molecule is O=C(c1cc(Cl)sc1Cl)N1CCN(c2ccc([N+](=O)[O-])cc2)CC1. The minimum atomic E-state index is -0.421. The van der Waals surface area contributed by atoms with Crippen molar-refractivity contribution in [3.8, 4) is 0 Å². The molecule has 126 valence electrons. The molecule has 0 atom stereocenters. The lowest BCUT2D eigenvalue weighted by Gasteiger charge is -2.36. The molecule has 1 fully saturated rings. The van der Waals surface area contributed by atoms with Crippen LogP contribution in [0.15, 0.2) is 30.3 Å². The first kappa shape index (κ1) is 17.0. The van der Waals surface area contributed by atoms with Gasteiger partial charge in [0.15, 0.2) is 0 Å². The van der Waals surface area contributed by atoms with Gasteiger partial charge in [0.2, 0.25) is 0 Å². The molecule has 0 aliphatic carbocycles. The molecule has 0 spiro atoms. The Hall–Kier alpha value is -1.83. The number of anilines is 1. The van der Waals surface area contributed by atoms with Crippen LogP contribution in [-0.4, -0.2) is 41.9 Å². The second-order valence-electron chi connectivity index (χ2n) is 5.29. The van der Waals surface area contributed by atoms with E-state index in [1.807, 2.05) is 0 Å². The van der Waals surface area contributed by atoms with Crippen molar-refractivity contribution in [3.63, 3.8) is 0 Å². The standard InChI is InChI=1S/C15H13Cl2N3O3S/c16-13-9-12(14(17)24-13)15(21)19-7-5-18(6-8-19)10-1-3-11(4-2-10)20(22)23/h1-4,9H,5-8H2. The predicted octanol–water partition coefficient (Wildman–Crippen LogP) is 3.93. The van der Waals surface area contributed by atoms with E-state index < -0.39 is 4.92 Å². The van der Waals surface area contributed by atoms with Gasteiger partial charge in [-0.2, -0.15) is 0 Å². The Labute approximate surface area is 152 Å². The van der Waals surface area contributed by atoms with Crippen LogP contribution in [0.3, 0.4) is 0 Å². The smallest absolute Gasteiger partial charge is 0.269 e. The topological polar surface area (TPSA) is 66.7 Å². The Morgan fingerprint density at radius 3 is 2.25 bits per heavy atom. The van der Waals surface area contributed by atoms with Gasteiger partial charge in [-0.25, -0.2) is 0 Å². The van der Waals surface area contributed by atoms with Crippen LogP contribution in [0.5, 0.6) is 0 Å². The van der Waals surface area contributed by atoms with Crippen molar-refractivity contribution in [1.82, 2.24) is 4.90 Å². The van der Waals surface area contributed by atoms with Crippen molar-refractivity contribution in [2.75, 3.05) is 31.1 Å². The Kier molecular flexibility index (Phi) is 4.93. The lowest BCUT2D eigenvalue weighted by atomic mass is 10.2. The van der Waals surface area contributed by atoms with E-state index in [0.29, 0.717) is 40.4 Å². The number of hydrogen-bond acceptors (Lipinski definition) is 5. The number of hydrogen-bond donors (Lipinski definition) is 0. The van der Waals surface area contributed by atoms with Gasteiger partial charge < -0.3 is 9.80 Å². The number of nitro benzene ring substituents is 1. The van der Waals surface area contributed by atoms with Crippen molar-refractivity contribution in [3.05, 3.63) is 54.7 Å². The Bertz CT molecular complexity index is 771. The first-order chi connectivity index (χ1) is 11.5. The molecule has 0 saturated carbocycles. The van der Waals surface area contributed by atoms with Gasteiger partial charge in [0, 0.05) is 44.0 Å². The quantitative estimate of drug-likeness (QED) is 0.592. The van der Waals surface area contributed by atoms with Gasteiger partial charge in [0.1, 0.15) is 4.34 Å². The molecule has 1 aliphatic heterocycles. The summed E-state index contributed by atoms with van der Waals surface area (Å²) in [7, 11) is 0. The van der Waals surface area contributed by atoms with Gasteiger partial charge >= 0.3 is 0 Å². The monoisotopic (exact) mass is 385 g/mol. The van der Waals surface area contributed by atoms with Gasteiger partial charge in [-0.15, -0.1) is 11.3 Å². The largest absolute Gasteiger partial charge is 0.368 e. The maximum atomic E-state index is 12.5. The number of carbonyl (C=O) groups is 1. The lowest BCUT2D eigenvalue weighted by molar-refractivity contribution is -0.384. The van der Waals surface area contributed by atoms with Crippen LogP contribution >= 0.6 is 34.5 Å². The Balaban J connectivity index is 1.64. The normalized spacial score (nSPS) is 14.8. The summed E-state index contributed by atoms with van der Waals surface area (Å²) in [5, 5.41) is 10.7. The molecule has 24 heavy (non-hydrogen) atoms. The zero-order chi connectivity index (χ0) is 17.3. The highest BCUT2D eigenvalue weighted by molar-refractivity contribution is 7.20. The highest BCUT2D eigenvalue weighted by Gasteiger charge is 2.25. The number of piperazine rings is 1. The molecule has 1 aromatic heterocycles. The minimum Gasteiger partial charge on any atom is -0.368 e. The molecule has 3 rings (SSSR count). The van der Waals surface area contributed by atoms with Crippen molar-refractivity contribution in [2.45, 2.75) is 0 Å². The van der Waals surface area contributed by atoms with E-state index in [4.69, 9.17) is 23.2 Å². The summed E-state index contributed by atoms with van der Waals surface area (Å²) in [6.45, 7) is 2.41. The number of thiophene rings is 1. The van der Waals surface area contributed by atoms with Gasteiger partial charge in [-0.1, -0.05) is 23.2 Å². The van der Waals surface area contributed by atoms with Crippen molar-refractivity contribution < 1.29 is 9.72 Å². The molecule has 9 heteroatoms. The van der Waals surface area contributed by atoms with Crippen LogP contribution in [0, 0.1) is 10.1 Å². The molecular weight excluding hydrogens is 373 g/mol. The van der Waals surface area contributed by atoms with E-state index in [9.17, 15) is 14.9 Å². The summed E-state index contributed by atoms with van der Waals surface area (Å²) >= 11 is 13.1. The van der Waals surface area contributed by atoms with Crippen LogP contribution in [0.4, 0.5) is 11.4 Å². The number of non-ortho nitro benzene ring substituents is 1. The summed E-state index contributed by atoms with van der Waals surface area (Å²) in [6.07, 6.45) is 0. The minimum absolute atomic E-state index is 0.0662. The fraction of sp³-hybridized carbons (Fsp3) is 0.267. The van der Waals surface area contributed by atoms with Gasteiger partial charge in [-0.3, -0.25) is 14.9 Å². The molecule has 1 aliphatic rings. The second-order valence-corrected chi connectivity index (χ2v) is 7.58. The van der Waals surface area contributed by atoms with E-state index in [1.165, 1.54) is 23.5 Å². The van der Waals surface area contributed by atoms with Gasteiger partial charge in [-0.05, 0) is 18.2 Å². The van der Waals surface area contributed by atoms with Crippen molar-refractivity contribution in [2.24, 2.45) is 0 Å². The number of carbonyl (C=O) groups excluding carboxylic acids is 1. The van der Waals surface area contributed by atoms with Crippen molar-refractivity contribution >= 4 is 51.8 Å². The zero-order valence-corrected chi connectivity index (χ0v) is 14.8. The molecule has 1 saturated heterocycles. The molecule has 0 radical (unpaired) electrons. The number of halogens is 2. The number of amides is 1. The molecule has 0 bridgehead atoms. The molecule has 6 nitrogen and oxygen atoms in total. The predicted molar refractivity (Wildman–Crippen MR) is 95.6 cm³/mol. The number of nitrogens with zero attached hydrogens (tertiary/aromatic N) is 3. The summed E-state index contributed by atoms with van der Waals surface area (Å²) in [5.74, 6) is -0.119. The first-order valence-electron chi connectivity index (χ1n) is 7.19. The molecular formula is C15H13Cl2N3O3S. The average molecular weight is 386 g/mol. The van der Waals surface area contributed by atoms with E-state index >= 15 is 0 Å². The lowest BCUT2D eigenvalue weighted by Crippen LogP contribution is -2.48. The highest BCUT2D eigenvalue weighted by atomic mass is 35.5. The second kappa shape index (κ2) is 6.96. The van der Waals surface area contributed by atoms with Crippen LogP contribution < -0.4 is 4.90 Å². The fourth-order valence-corrected chi connectivity index (χ4v) is 4.06. The Morgan fingerprint density at radius 2 is 1.75 bits per heavy atom. The molecule has 2 heterocycles. The average Bonchev–Trinajstić information content (AvgIpc) is 2.93. The van der Waals surface area contributed by atoms with Gasteiger partial charge in [0.25, 0.3) is 11.6 Å². The van der Waals surface area contributed by atoms with E-state index in [-0.39, 0.29) is 11.6 Å². The maximum Gasteiger partial charge on any atom is 0.269 e. The fourth-order valence-electron chi connectivity index (χ4n) is 2.61. The van der Waals surface area contributed by atoms with Crippen LogP contribution in [0.2, 0.25) is 8.67 Å². The van der Waals surface area contributed by atoms with E-state index in [0.717, 1.165) is 5.69 Å². The zero-order valence-electron chi connectivity index (χ0n) is 12.4. The van der Waals surface area contributed by atoms with Crippen LogP contribution in [0.1, 0.15) is 10.4 Å². The summed E-state index contributed by atoms with van der Waals surface area (Å²) in [6, 6.07) is 8.02. The number of nitro groups is 1. The van der Waals surface area contributed by atoms with E-state index in [1.54, 1.807) is 23.1 Å². The molecule has 1 aromatic carbocycles. The molecule has 0 N–H and O–H groups in total. The summed E-state index contributed by atoms with van der Waals surface area (Å²) < 4.78 is 0.899. The third kappa shape index (κ3) is 3.48. The van der Waals surface area contributed by atoms with Crippen molar-refractivity contribution in [1.29, 1.82) is 0 Å². The highest BCUT2D eigenvalue weighted by Crippen LogP contribution is 2.32. The summed E-state index contributed by atoms with van der Waals surface area (Å²) in [4.78, 5) is 26.6. The van der Waals surface area contributed by atoms with Gasteiger partial charge in [0.05, 0.1) is 14.8 Å². The molecule has 2 aromatic rings. The maximum absolute atomic E-state index is 12.5. The summed E-state index contributed by atoms with van der Waals surface area (Å²) in [5.41, 5.74) is 1.41. The van der Waals surface area contributed by atoms with E-state index in [2.05, 4.69) is 4.90 Å². The third-order valence-corrected chi connectivity index (χ3v) is 5.37. The number of rotatable bonds is 3. The van der Waals surface area contributed by atoms with Crippen LogP contribution in [0.25, 0.3) is 0 Å². The molecule has 1 amide bonds. The Morgan fingerprint density at radius 1 is 1.12 bits per heavy atom.